The van der Waals surface area contributed by atoms with Crippen molar-refractivity contribution in [1.82, 2.24) is 10.3 Å². The zero-order valence-corrected chi connectivity index (χ0v) is 11.3. The van der Waals surface area contributed by atoms with Crippen LogP contribution < -0.4 is 10.2 Å². The fourth-order valence-corrected chi connectivity index (χ4v) is 2.49. The van der Waals surface area contributed by atoms with Crippen LogP contribution in [-0.2, 0) is 6.54 Å². The molecule has 4 nitrogen and oxygen atoms in total. The van der Waals surface area contributed by atoms with Crippen LogP contribution in [0.25, 0.3) is 0 Å². The number of aliphatic hydroxyl groups excluding tert-OH is 1. The number of hydrogen-bond acceptors (Lipinski definition) is 4. The zero-order chi connectivity index (χ0) is 13.0. The minimum atomic E-state index is -0.0756. The Kier molecular flexibility index (Phi) is 4.55. The molecule has 2 N–H and O–H groups in total. The average Bonchev–Trinajstić information content (AvgIpc) is 2.34. The second-order valence-corrected chi connectivity index (χ2v) is 5.14. The van der Waals surface area contributed by atoms with Crippen molar-refractivity contribution in [1.29, 1.82) is 0 Å². The minimum absolute atomic E-state index is 0.0756. The largest absolute Gasteiger partial charge is 0.393 e. The van der Waals surface area contributed by atoms with Crippen LogP contribution in [0.15, 0.2) is 18.3 Å². The van der Waals surface area contributed by atoms with E-state index >= 15 is 0 Å². The van der Waals surface area contributed by atoms with Crippen LogP contribution in [0, 0.1) is 5.92 Å². The van der Waals surface area contributed by atoms with E-state index in [9.17, 15) is 5.11 Å². The highest BCUT2D eigenvalue weighted by Gasteiger charge is 2.28. The Morgan fingerprint density at radius 2 is 2.28 bits per heavy atom. The van der Waals surface area contributed by atoms with E-state index in [0.717, 1.165) is 38.3 Å². The number of anilines is 1. The van der Waals surface area contributed by atoms with Gasteiger partial charge in [0, 0.05) is 31.9 Å². The molecule has 0 unspecified atom stereocenters. The summed E-state index contributed by atoms with van der Waals surface area (Å²) in [7, 11) is 2.09. The highest BCUT2D eigenvalue weighted by molar-refractivity contribution is 5.46. The number of aromatic nitrogens is 1. The van der Waals surface area contributed by atoms with Gasteiger partial charge in [0.25, 0.3) is 0 Å². The topological polar surface area (TPSA) is 48.4 Å². The van der Waals surface area contributed by atoms with Crippen LogP contribution in [0.5, 0.6) is 0 Å². The molecule has 1 heterocycles. The van der Waals surface area contributed by atoms with E-state index in [1.807, 2.05) is 12.3 Å². The Hall–Kier alpha value is -1.13. The molecule has 0 aromatic carbocycles. The van der Waals surface area contributed by atoms with Gasteiger partial charge in [-0.1, -0.05) is 13.0 Å². The monoisotopic (exact) mass is 249 g/mol. The van der Waals surface area contributed by atoms with Crippen molar-refractivity contribution in [2.75, 3.05) is 25.0 Å². The maximum atomic E-state index is 9.33. The van der Waals surface area contributed by atoms with E-state index in [1.54, 1.807) is 0 Å². The first-order chi connectivity index (χ1) is 8.70. The molecule has 0 saturated heterocycles. The van der Waals surface area contributed by atoms with Gasteiger partial charge in [-0.05, 0) is 31.4 Å². The van der Waals surface area contributed by atoms with Crippen LogP contribution in [0.4, 0.5) is 5.82 Å². The van der Waals surface area contributed by atoms with Crippen LogP contribution in [0.1, 0.15) is 25.3 Å². The molecule has 18 heavy (non-hydrogen) atoms. The quantitative estimate of drug-likeness (QED) is 0.800. The highest BCUT2D eigenvalue weighted by Crippen LogP contribution is 2.29. The molecule has 0 spiro atoms. The van der Waals surface area contributed by atoms with Gasteiger partial charge in [0.2, 0.25) is 0 Å². The lowest BCUT2D eigenvalue weighted by molar-refractivity contribution is 0.0464. The van der Waals surface area contributed by atoms with E-state index in [1.165, 1.54) is 5.56 Å². The lowest BCUT2D eigenvalue weighted by Crippen LogP contribution is -2.37. The zero-order valence-electron chi connectivity index (χ0n) is 11.3. The number of rotatable bonds is 6. The summed E-state index contributed by atoms with van der Waals surface area (Å²) in [5, 5.41) is 12.7. The van der Waals surface area contributed by atoms with Crippen LogP contribution >= 0.6 is 0 Å². The fraction of sp³-hybridized carbons (Fsp3) is 0.643. The molecule has 1 aromatic heterocycles. The minimum Gasteiger partial charge on any atom is -0.393 e. The smallest absolute Gasteiger partial charge is 0.132 e. The van der Waals surface area contributed by atoms with Crippen molar-refractivity contribution in [2.24, 2.45) is 5.92 Å². The lowest BCUT2D eigenvalue weighted by Gasteiger charge is -2.35. The molecule has 1 aromatic rings. The number of nitrogens with one attached hydrogen (secondary N) is 1. The molecular formula is C14H23N3O. The second kappa shape index (κ2) is 6.16. The molecule has 100 valence electrons. The van der Waals surface area contributed by atoms with E-state index in [2.05, 4.69) is 35.2 Å². The third kappa shape index (κ3) is 3.21. The predicted molar refractivity (Wildman–Crippen MR) is 73.6 cm³/mol. The fourth-order valence-electron chi connectivity index (χ4n) is 2.49. The number of pyridine rings is 1. The summed E-state index contributed by atoms with van der Waals surface area (Å²) in [6.45, 7) is 4.91. The van der Waals surface area contributed by atoms with E-state index in [0.29, 0.717) is 5.92 Å². The Balaban J connectivity index is 1.97. The molecule has 0 amide bonds. The lowest BCUT2D eigenvalue weighted by atomic mass is 9.82. The molecule has 0 aliphatic heterocycles. The first kappa shape index (κ1) is 13.3. The summed E-state index contributed by atoms with van der Waals surface area (Å²) in [4.78, 5) is 6.70. The van der Waals surface area contributed by atoms with Gasteiger partial charge in [-0.25, -0.2) is 4.98 Å². The summed E-state index contributed by atoms with van der Waals surface area (Å²) >= 11 is 0. The summed E-state index contributed by atoms with van der Waals surface area (Å²) in [6, 6.07) is 4.11. The van der Waals surface area contributed by atoms with Gasteiger partial charge >= 0.3 is 0 Å². The summed E-state index contributed by atoms with van der Waals surface area (Å²) in [5.74, 6) is 1.67. The molecule has 2 rings (SSSR count). The van der Waals surface area contributed by atoms with Crippen LogP contribution in [-0.4, -0.2) is 36.3 Å². The van der Waals surface area contributed by atoms with Crippen molar-refractivity contribution >= 4 is 5.82 Å². The Labute approximate surface area is 109 Å². The highest BCUT2D eigenvalue weighted by atomic mass is 16.3. The normalized spacial score (nSPS) is 22.6. The van der Waals surface area contributed by atoms with Crippen molar-refractivity contribution in [3.05, 3.63) is 23.9 Å². The van der Waals surface area contributed by atoms with Gasteiger partial charge in [0.15, 0.2) is 0 Å². The third-order valence-corrected chi connectivity index (χ3v) is 3.54. The number of aliphatic hydroxyl groups is 1. The molecule has 1 aliphatic rings. The third-order valence-electron chi connectivity index (χ3n) is 3.54. The standard InChI is InChI=1S/C14H23N3O/c1-3-15-9-12-5-4-6-16-14(12)17(2)10-11-7-13(18)8-11/h4-6,11,13,15,18H,3,7-10H2,1-2H3. The SMILES string of the molecule is CCNCc1cccnc1N(C)CC1CC(O)C1. The Morgan fingerprint density at radius 3 is 2.94 bits per heavy atom. The van der Waals surface area contributed by atoms with Gasteiger partial charge in [0.1, 0.15) is 5.82 Å². The predicted octanol–water partition coefficient (Wildman–Crippen LogP) is 1.40. The summed E-state index contributed by atoms with van der Waals surface area (Å²) in [6.07, 6.45) is 3.63. The van der Waals surface area contributed by atoms with Crippen LogP contribution in [0.2, 0.25) is 0 Å². The van der Waals surface area contributed by atoms with Crippen molar-refractivity contribution < 1.29 is 5.11 Å². The van der Waals surface area contributed by atoms with Gasteiger partial charge in [0.05, 0.1) is 6.10 Å². The Bertz CT molecular complexity index is 377. The van der Waals surface area contributed by atoms with Crippen molar-refractivity contribution in [3.63, 3.8) is 0 Å². The van der Waals surface area contributed by atoms with Crippen molar-refractivity contribution in [3.8, 4) is 0 Å². The molecular weight excluding hydrogens is 226 g/mol. The molecule has 0 radical (unpaired) electrons. The molecule has 1 aliphatic carbocycles. The van der Waals surface area contributed by atoms with Gasteiger partial charge < -0.3 is 15.3 Å². The molecule has 0 bridgehead atoms. The summed E-state index contributed by atoms with van der Waals surface area (Å²) in [5.41, 5.74) is 1.24. The van der Waals surface area contributed by atoms with Gasteiger partial charge in [-0.2, -0.15) is 0 Å². The maximum absolute atomic E-state index is 9.33. The van der Waals surface area contributed by atoms with Gasteiger partial charge in [-0.3, -0.25) is 0 Å². The average molecular weight is 249 g/mol. The molecule has 0 atom stereocenters. The number of nitrogens with zero attached hydrogens (tertiary/aromatic N) is 2. The van der Waals surface area contributed by atoms with Gasteiger partial charge in [-0.15, -0.1) is 0 Å². The molecule has 4 heteroatoms. The van der Waals surface area contributed by atoms with E-state index in [4.69, 9.17) is 0 Å². The number of hydrogen-bond donors (Lipinski definition) is 2. The van der Waals surface area contributed by atoms with E-state index in [-0.39, 0.29) is 6.10 Å². The van der Waals surface area contributed by atoms with Crippen molar-refractivity contribution in [2.45, 2.75) is 32.4 Å². The van der Waals surface area contributed by atoms with E-state index < -0.39 is 0 Å². The molecule has 1 saturated carbocycles. The Morgan fingerprint density at radius 1 is 1.50 bits per heavy atom. The first-order valence-electron chi connectivity index (χ1n) is 6.74. The maximum Gasteiger partial charge on any atom is 0.132 e. The molecule has 1 fully saturated rings. The first-order valence-corrected chi connectivity index (χ1v) is 6.74. The second-order valence-electron chi connectivity index (χ2n) is 5.14. The van der Waals surface area contributed by atoms with Crippen LogP contribution in [0.3, 0.4) is 0 Å². The summed E-state index contributed by atoms with van der Waals surface area (Å²) < 4.78 is 0.